The van der Waals surface area contributed by atoms with Crippen LogP contribution in [0.15, 0.2) is 12.1 Å². The van der Waals surface area contributed by atoms with Crippen molar-refractivity contribution in [2.75, 3.05) is 18.9 Å². The van der Waals surface area contributed by atoms with E-state index >= 15 is 0 Å². The Kier molecular flexibility index (Phi) is 5.72. The van der Waals surface area contributed by atoms with E-state index in [4.69, 9.17) is 22.1 Å². The van der Waals surface area contributed by atoms with Crippen LogP contribution in [-0.2, 0) is 4.74 Å². The first kappa shape index (κ1) is 16.2. The predicted octanol–water partition coefficient (Wildman–Crippen LogP) is 1.99. The number of nitro benzene ring substituents is 1. The van der Waals surface area contributed by atoms with Crippen molar-refractivity contribution in [1.82, 2.24) is 5.32 Å². The molecule has 0 aliphatic rings. The molecule has 0 aliphatic carbocycles. The molecule has 1 rings (SSSR count). The van der Waals surface area contributed by atoms with E-state index in [2.05, 4.69) is 5.32 Å². The predicted molar refractivity (Wildman–Crippen MR) is 75.9 cm³/mol. The van der Waals surface area contributed by atoms with Gasteiger partial charge in [0, 0.05) is 24.8 Å². The number of hydrogen-bond donors (Lipinski definition) is 2. The highest BCUT2D eigenvalue weighted by Gasteiger charge is 2.19. The Balaban J connectivity index is 2.86. The third-order valence-electron chi connectivity index (χ3n) is 2.57. The van der Waals surface area contributed by atoms with Gasteiger partial charge in [0.1, 0.15) is 5.69 Å². The van der Waals surface area contributed by atoms with Crippen LogP contribution < -0.4 is 11.1 Å². The van der Waals surface area contributed by atoms with Crippen molar-refractivity contribution in [3.05, 3.63) is 32.8 Å². The number of benzene rings is 1. The lowest BCUT2D eigenvalue weighted by Crippen LogP contribution is -2.32. The molecule has 1 atom stereocenters. The monoisotopic (exact) mass is 301 g/mol. The molecule has 0 fully saturated rings. The minimum atomic E-state index is -0.680. The number of carbonyl (C=O) groups excluding carboxylic acids is 1. The van der Waals surface area contributed by atoms with Gasteiger partial charge in [0.15, 0.2) is 0 Å². The van der Waals surface area contributed by atoms with Crippen LogP contribution in [0.4, 0.5) is 11.4 Å². The molecule has 0 saturated carbocycles. The second-order valence-corrected chi connectivity index (χ2v) is 4.53. The summed E-state index contributed by atoms with van der Waals surface area (Å²) >= 11 is 5.79. The van der Waals surface area contributed by atoms with Gasteiger partial charge >= 0.3 is 0 Å². The summed E-state index contributed by atoms with van der Waals surface area (Å²) in [6, 6.07) is 2.40. The molecule has 1 aromatic carbocycles. The molecule has 0 radical (unpaired) electrons. The van der Waals surface area contributed by atoms with Gasteiger partial charge in [0.2, 0.25) is 0 Å². The van der Waals surface area contributed by atoms with Crippen LogP contribution in [0.1, 0.15) is 24.2 Å². The fourth-order valence-corrected chi connectivity index (χ4v) is 1.78. The first-order valence-electron chi connectivity index (χ1n) is 6.00. The minimum absolute atomic E-state index is 0.0257. The van der Waals surface area contributed by atoms with Crippen molar-refractivity contribution in [1.29, 1.82) is 0 Å². The maximum Gasteiger partial charge on any atom is 0.294 e. The summed E-state index contributed by atoms with van der Waals surface area (Å²) in [6.45, 7) is 4.49. The van der Waals surface area contributed by atoms with Crippen molar-refractivity contribution in [3.8, 4) is 0 Å². The molecule has 8 heteroatoms. The van der Waals surface area contributed by atoms with Crippen LogP contribution in [0, 0.1) is 10.1 Å². The maximum absolute atomic E-state index is 11.9. The fraction of sp³-hybridized carbons (Fsp3) is 0.417. The standard InChI is InChI=1S/C12H16ClN3O4/c1-3-20-7(2)6-15-12(17)8-4-9(13)11(14)10(5-8)16(18)19/h4-5,7H,3,6,14H2,1-2H3,(H,15,17). The van der Waals surface area contributed by atoms with Gasteiger partial charge < -0.3 is 15.8 Å². The molecule has 0 aromatic heterocycles. The van der Waals surface area contributed by atoms with Crippen LogP contribution in [0.3, 0.4) is 0 Å². The van der Waals surface area contributed by atoms with Crippen molar-refractivity contribution < 1.29 is 14.5 Å². The molecule has 0 saturated heterocycles. The molecule has 3 N–H and O–H groups in total. The summed E-state index contributed by atoms with van der Waals surface area (Å²) in [5.74, 6) is -0.471. The Morgan fingerprint density at radius 1 is 1.60 bits per heavy atom. The molecular weight excluding hydrogens is 286 g/mol. The third kappa shape index (κ3) is 4.07. The summed E-state index contributed by atoms with van der Waals surface area (Å²) in [5, 5.41) is 13.4. The molecule has 1 aromatic rings. The average Bonchev–Trinajstić information content (AvgIpc) is 2.38. The number of rotatable bonds is 6. The van der Waals surface area contributed by atoms with Crippen LogP contribution in [0.25, 0.3) is 0 Å². The second-order valence-electron chi connectivity index (χ2n) is 4.12. The van der Waals surface area contributed by atoms with Crippen molar-refractivity contribution in [2.45, 2.75) is 20.0 Å². The van der Waals surface area contributed by atoms with Gasteiger partial charge in [-0.3, -0.25) is 14.9 Å². The van der Waals surface area contributed by atoms with Crippen molar-refractivity contribution in [3.63, 3.8) is 0 Å². The van der Waals surface area contributed by atoms with E-state index in [0.29, 0.717) is 13.2 Å². The Bertz CT molecular complexity index is 522. The molecule has 7 nitrogen and oxygen atoms in total. The number of anilines is 1. The van der Waals surface area contributed by atoms with E-state index in [-0.39, 0.29) is 28.1 Å². The Hall–Kier alpha value is -1.86. The van der Waals surface area contributed by atoms with Crippen LogP contribution >= 0.6 is 11.6 Å². The molecule has 0 heterocycles. The molecule has 0 aliphatic heterocycles. The molecule has 1 unspecified atom stereocenters. The Morgan fingerprint density at radius 2 is 2.25 bits per heavy atom. The van der Waals surface area contributed by atoms with E-state index in [0.717, 1.165) is 6.07 Å². The number of amides is 1. The summed E-state index contributed by atoms with van der Waals surface area (Å²) < 4.78 is 5.26. The second kappa shape index (κ2) is 7.06. The lowest BCUT2D eigenvalue weighted by atomic mass is 10.1. The molecule has 1 amide bonds. The molecule has 0 bridgehead atoms. The van der Waals surface area contributed by atoms with Gasteiger partial charge in [-0.2, -0.15) is 0 Å². The molecular formula is C12H16ClN3O4. The van der Waals surface area contributed by atoms with Gasteiger partial charge in [-0.1, -0.05) is 11.6 Å². The lowest BCUT2D eigenvalue weighted by Gasteiger charge is -2.12. The number of nitrogen functional groups attached to an aromatic ring is 1. The quantitative estimate of drug-likeness (QED) is 0.474. The first-order valence-corrected chi connectivity index (χ1v) is 6.37. The number of ether oxygens (including phenoxy) is 1. The van der Waals surface area contributed by atoms with Gasteiger partial charge in [-0.25, -0.2) is 0 Å². The highest BCUT2D eigenvalue weighted by atomic mass is 35.5. The third-order valence-corrected chi connectivity index (χ3v) is 2.88. The number of nitrogens with two attached hydrogens (primary N) is 1. The number of nitro groups is 1. The zero-order chi connectivity index (χ0) is 15.3. The summed E-state index contributed by atoms with van der Waals surface area (Å²) in [4.78, 5) is 22.0. The van der Waals surface area contributed by atoms with Gasteiger partial charge in [-0.15, -0.1) is 0 Å². The summed E-state index contributed by atoms with van der Waals surface area (Å²) in [7, 11) is 0. The highest BCUT2D eigenvalue weighted by Crippen LogP contribution is 2.30. The largest absolute Gasteiger partial charge is 0.392 e. The topological polar surface area (TPSA) is 107 Å². The summed E-state index contributed by atoms with van der Waals surface area (Å²) in [6.07, 6.45) is -0.150. The number of hydrogen-bond acceptors (Lipinski definition) is 5. The number of nitrogens with one attached hydrogen (secondary N) is 1. The Labute approximate surface area is 121 Å². The zero-order valence-electron chi connectivity index (χ0n) is 11.2. The maximum atomic E-state index is 11.9. The van der Waals surface area contributed by atoms with E-state index < -0.39 is 10.8 Å². The molecule has 110 valence electrons. The highest BCUT2D eigenvalue weighted by molar-refractivity contribution is 6.34. The van der Waals surface area contributed by atoms with E-state index in [1.807, 2.05) is 13.8 Å². The van der Waals surface area contributed by atoms with E-state index in [1.54, 1.807) is 0 Å². The fourth-order valence-electron chi connectivity index (χ4n) is 1.57. The zero-order valence-corrected chi connectivity index (χ0v) is 11.9. The first-order chi connectivity index (χ1) is 9.36. The Morgan fingerprint density at radius 3 is 2.80 bits per heavy atom. The summed E-state index contributed by atoms with van der Waals surface area (Å²) in [5.41, 5.74) is 5.03. The lowest BCUT2D eigenvalue weighted by molar-refractivity contribution is -0.383. The van der Waals surface area contributed by atoms with Crippen molar-refractivity contribution >= 4 is 28.9 Å². The molecule has 20 heavy (non-hydrogen) atoms. The normalized spacial score (nSPS) is 11.9. The molecule has 0 spiro atoms. The van der Waals surface area contributed by atoms with Gasteiger partial charge in [-0.05, 0) is 19.9 Å². The van der Waals surface area contributed by atoms with Crippen molar-refractivity contribution in [2.24, 2.45) is 0 Å². The average molecular weight is 302 g/mol. The minimum Gasteiger partial charge on any atom is -0.392 e. The van der Waals surface area contributed by atoms with Crippen LogP contribution in [0.5, 0.6) is 0 Å². The van der Waals surface area contributed by atoms with Crippen LogP contribution in [-0.4, -0.2) is 30.1 Å². The number of carbonyl (C=O) groups is 1. The number of halogens is 1. The van der Waals surface area contributed by atoms with Gasteiger partial charge in [0.25, 0.3) is 11.6 Å². The SMILES string of the molecule is CCOC(C)CNC(=O)c1cc(Cl)c(N)c([N+](=O)[O-])c1. The van der Waals surface area contributed by atoms with Crippen LogP contribution in [0.2, 0.25) is 5.02 Å². The smallest absolute Gasteiger partial charge is 0.294 e. The van der Waals surface area contributed by atoms with E-state index in [9.17, 15) is 14.9 Å². The number of nitrogens with zero attached hydrogens (tertiary/aromatic N) is 1. The van der Waals surface area contributed by atoms with E-state index in [1.165, 1.54) is 6.07 Å². The van der Waals surface area contributed by atoms with Gasteiger partial charge in [0.05, 0.1) is 16.0 Å².